The first-order valence-corrected chi connectivity index (χ1v) is 5.76. The molecule has 1 rings (SSSR count). The Morgan fingerprint density at radius 1 is 1.12 bits per heavy atom. The molecule has 0 amide bonds. The van der Waals surface area contributed by atoms with Crippen LogP contribution >= 0.6 is 34.2 Å². The molecule has 0 aromatic heterocycles. The molecular weight excluding hydrogens is 335 g/mol. The van der Waals surface area contributed by atoms with Crippen LogP contribution in [0.2, 0.25) is 0 Å². The molecule has 0 aliphatic rings. The highest BCUT2D eigenvalue weighted by atomic mass is 127. The van der Waals surface area contributed by atoms with E-state index in [-0.39, 0.29) is 5.57 Å². The normalized spacial score (nSPS) is 10.1. The minimum Gasteiger partial charge on any atom is -0.192 e. The van der Waals surface area contributed by atoms with Gasteiger partial charge in [0.05, 0.1) is 0 Å². The van der Waals surface area contributed by atoms with E-state index in [1.807, 2.05) is 24.3 Å². The van der Waals surface area contributed by atoms with E-state index in [1.165, 1.54) is 6.08 Å². The van der Waals surface area contributed by atoms with Gasteiger partial charge in [0.25, 0.3) is 0 Å². The Kier molecular flexibility index (Phi) is 5.04. The first-order valence-electron chi connectivity index (χ1n) is 4.31. The standard InChI is InChI=1S/C12H6ClIN2/c13-12(6-1-9(7-15)8-16)10-2-4-11(14)5-3-10/h1-6H. The van der Waals surface area contributed by atoms with E-state index in [4.69, 9.17) is 22.1 Å². The summed E-state index contributed by atoms with van der Waals surface area (Å²) in [6.07, 6.45) is 2.95. The zero-order chi connectivity index (χ0) is 12.0. The van der Waals surface area contributed by atoms with Gasteiger partial charge in [-0.1, -0.05) is 23.7 Å². The first-order chi connectivity index (χ1) is 7.67. The quantitative estimate of drug-likeness (QED) is 0.466. The molecule has 0 bridgehead atoms. The molecule has 0 spiro atoms. The summed E-state index contributed by atoms with van der Waals surface area (Å²) in [4.78, 5) is 0. The van der Waals surface area contributed by atoms with Crippen LogP contribution < -0.4 is 0 Å². The number of hydrogen-bond acceptors (Lipinski definition) is 2. The average Bonchev–Trinajstić information content (AvgIpc) is 2.31. The van der Waals surface area contributed by atoms with E-state index in [0.29, 0.717) is 5.03 Å². The van der Waals surface area contributed by atoms with E-state index in [1.54, 1.807) is 18.2 Å². The highest BCUT2D eigenvalue weighted by Gasteiger charge is 1.97. The van der Waals surface area contributed by atoms with Crippen molar-refractivity contribution in [3.8, 4) is 12.1 Å². The summed E-state index contributed by atoms with van der Waals surface area (Å²) in [5, 5.41) is 17.6. The minimum atomic E-state index is 0.0312. The highest BCUT2D eigenvalue weighted by Crippen LogP contribution is 2.20. The predicted octanol–water partition coefficient (Wildman–Crippen LogP) is 3.84. The molecule has 0 fully saturated rings. The van der Waals surface area contributed by atoms with Crippen LogP contribution in [0.5, 0.6) is 0 Å². The molecule has 0 unspecified atom stereocenters. The van der Waals surface area contributed by atoms with Gasteiger partial charge in [-0.25, -0.2) is 0 Å². The van der Waals surface area contributed by atoms with Gasteiger partial charge in [0.1, 0.15) is 17.7 Å². The average molecular weight is 341 g/mol. The van der Waals surface area contributed by atoms with Gasteiger partial charge in [-0.2, -0.15) is 10.5 Å². The third-order valence-corrected chi connectivity index (χ3v) is 2.82. The molecule has 0 aliphatic carbocycles. The Balaban J connectivity index is 2.96. The Labute approximate surface area is 113 Å². The summed E-state index contributed by atoms with van der Waals surface area (Å²) < 4.78 is 1.12. The lowest BCUT2D eigenvalue weighted by atomic mass is 10.2. The number of nitriles is 2. The van der Waals surface area contributed by atoms with Crippen LogP contribution in [0.3, 0.4) is 0 Å². The topological polar surface area (TPSA) is 47.6 Å². The van der Waals surface area contributed by atoms with Crippen LogP contribution in [0, 0.1) is 26.2 Å². The maximum absolute atomic E-state index is 8.53. The Morgan fingerprint density at radius 2 is 1.69 bits per heavy atom. The van der Waals surface area contributed by atoms with Crippen molar-refractivity contribution in [3.05, 3.63) is 51.1 Å². The van der Waals surface area contributed by atoms with E-state index in [0.717, 1.165) is 9.13 Å². The van der Waals surface area contributed by atoms with Gasteiger partial charge >= 0.3 is 0 Å². The number of rotatable bonds is 2. The lowest BCUT2D eigenvalue weighted by molar-refractivity contribution is 1.46. The number of allylic oxidation sites excluding steroid dienone is 3. The van der Waals surface area contributed by atoms with Crippen molar-refractivity contribution >= 4 is 39.2 Å². The number of hydrogen-bond donors (Lipinski definition) is 0. The Bertz CT molecular complexity index is 499. The molecule has 1 aromatic carbocycles. The molecule has 0 N–H and O–H groups in total. The highest BCUT2D eigenvalue weighted by molar-refractivity contribution is 14.1. The zero-order valence-corrected chi connectivity index (χ0v) is 11.0. The summed E-state index contributed by atoms with van der Waals surface area (Å²) in [6, 6.07) is 11.2. The summed E-state index contributed by atoms with van der Waals surface area (Å²) in [7, 11) is 0. The fourth-order valence-corrected chi connectivity index (χ4v) is 1.51. The van der Waals surface area contributed by atoms with Gasteiger partial charge in [0.2, 0.25) is 0 Å². The lowest BCUT2D eigenvalue weighted by Crippen LogP contribution is -1.77. The molecule has 78 valence electrons. The molecule has 4 heteroatoms. The maximum Gasteiger partial charge on any atom is 0.129 e. The van der Waals surface area contributed by atoms with Gasteiger partial charge < -0.3 is 0 Å². The van der Waals surface area contributed by atoms with Crippen LogP contribution in [0.15, 0.2) is 42.0 Å². The molecule has 0 saturated heterocycles. The van der Waals surface area contributed by atoms with Gasteiger partial charge in [-0.3, -0.25) is 0 Å². The van der Waals surface area contributed by atoms with E-state index in [2.05, 4.69) is 22.6 Å². The monoisotopic (exact) mass is 340 g/mol. The van der Waals surface area contributed by atoms with Crippen molar-refractivity contribution in [2.45, 2.75) is 0 Å². The Hall–Kier alpha value is -1.30. The van der Waals surface area contributed by atoms with E-state index in [9.17, 15) is 0 Å². The third kappa shape index (κ3) is 3.69. The molecule has 0 heterocycles. The largest absolute Gasteiger partial charge is 0.192 e. The number of benzene rings is 1. The molecule has 0 saturated carbocycles. The van der Waals surface area contributed by atoms with E-state index >= 15 is 0 Å². The van der Waals surface area contributed by atoms with Crippen LogP contribution in [0.4, 0.5) is 0 Å². The van der Waals surface area contributed by atoms with Gasteiger partial charge in [0.15, 0.2) is 0 Å². The summed E-state index contributed by atoms with van der Waals surface area (Å²) in [5.41, 5.74) is 0.886. The van der Waals surface area contributed by atoms with E-state index < -0.39 is 0 Å². The molecular formula is C12H6ClIN2. The van der Waals surface area contributed by atoms with Crippen LogP contribution in [-0.2, 0) is 0 Å². The fraction of sp³-hybridized carbons (Fsp3) is 0. The first kappa shape index (κ1) is 12.8. The van der Waals surface area contributed by atoms with Crippen LogP contribution in [-0.4, -0.2) is 0 Å². The van der Waals surface area contributed by atoms with Crippen LogP contribution in [0.1, 0.15) is 5.56 Å². The van der Waals surface area contributed by atoms with Gasteiger partial charge in [-0.15, -0.1) is 0 Å². The van der Waals surface area contributed by atoms with Crippen molar-refractivity contribution in [2.24, 2.45) is 0 Å². The zero-order valence-electron chi connectivity index (χ0n) is 8.11. The number of halogens is 2. The molecule has 0 radical (unpaired) electrons. The van der Waals surface area contributed by atoms with Crippen molar-refractivity contribution in [2.75, 3.05) is 0 Å². The molecule has 1 aromatic rings. The molecule has 0 aliphatic heterocycles. The van der Waals surface area contributed by atoms with Crippen molar-refractivity contribution in [1.82, 2.24) is 0 Å². The second kappa shape index (κ2) is 6.32. The van der Waals surface area contributed by atoms with Gasteiger partial charge in [0, 0.05) is 8.60 Å². The van der Waals surface area contributed by atoms with Gasteiger partial charge in [-0.05, 0) is 52.4 Å². The fourth-order valence-electron chi connectivity index (χ4n) is 0.961. The predicted molar refractivity (Wildman–Crippen MR) is 72.3 cm³/mol. The van der Waals surface area contributed by atoms with Crippen molar-refractivity contribution < 1.29 is 0 Å². The molecule has 16 heavy (non-hydrogen) atoms. The Morgan fingerprint density at radius 3 is 2.19 bits per heavy atom. The van der Waals surface area contributed by atoms with Crippen LogP contribution in [0.25, 0.3) is 5.03 Å². The summed E-state index contributed by atoms with van der Waals surface area (Å²) in [5.74, 6) is 0. The second-order valence-electron chi connectivity index (χ2n) is 2.83. The minimum absolute atomic E-state index is 0.0312. The lowest BCUT2D eigenvalue weighted by Gasteiger charge is -1.97. The van der Waals surface area contributed by atoms with Crippen molar-refractivity contribution in [1.29, 1.82) is 10.5 Å². The van der Waals surface area contributed by atoms with Crippen molar-refractivity contribution in [3.63, 3.8) is 0 Å². The summed E-state index contributed by atoms with van der Waals surface area (Å²) in [6.45, 7) is 0. The molecule has 0 atom stereocenters. The summed E-state index contributed by atoms with van der Waals surface area (Å²) >= 11 is 8.22. The second-order valence-corrected chi connectivity index (χ2v) is 4.48. The third-order valence-electron chi connectivity index (χ3n) is 1.76. The SMILES string of the molecule is N#CC(C#N)=CC=C(Cl)c1ccc(I)cc1. The number of nitrogens with zero attached hydrogens (tertiary/aromatic N) is 2. The maximum atomic E-state index is 8.53. The smallest absolute Gasteiger partial charge is 0.129 e. The molecule has 2 nitrogen and oxygen atoms in total.